The van der Waals surface area contributed by atoms with Crippen LogP contribution in [0.15, 0.2) is 0 Å². The fourth-order valence-electron chi connectivity index (χ4n) is 5.20. The SMILES string of the molecule is NCC(O)CN[C@@H]1C[C@H](N)C(O[C@H]2O[C@H](CNCCO)CC[C@H]2N)[C@H](O)[C@H]1O[C@H]1O[C@H](CO)[C@@H](O)[C@H](N)[C@H]1O. The smallest absolute Gasteiger partial charge is 0.186 e. The molecule has 3 aliphatic rings. The van der Waals surface area contributed by atoms with Crippen LogP contribution in [-0.4, -0.2) is 156 Å². The number of nitrogens with one attached hydrogen (secondary N) is 2. The molecule has 3 rings (SSSR count). The van der Waals surface area contributed by atoms with E-state index in [-0.39, 0.29) is 32.2 Å². The third-order valence-electron chi connectivity index (χ3n) is 7.58. The largest absolute Gasteiger partial charge is 0.395 e. The van der Waals surface area contributed by atoms with Gasteiger partial charge in [-0.15, -0.1) is 0 Å². The maximum Gasteiger partial charge on any atom is 0.186 e. The predicted octanol–water partition coefficient (Wildman–Crippen LogP) is -6.69. The molecule has 16 nitrogen and oxygen atoms in total. The van der Waals surface area contributed by atoms with Crippen LogP contribution in [0, 0.1) is 0 Å². The molecule has 0 spiro atoms. The molecule has 0 amide bonds. The van der Waals surface area contributed by atoms with Crippen molar-refractivity contribution in [3.8, 4) is 0 Å². The van der Waals surface area contributed by atoms with Crippen molar-refractivity contribution in [1.82, 2.24) is 10.6 Å². The maximum absolute atomic E-state index is 11.4. The van der Waals surface area contributed by atoms with Crippen LogP contribution in [0.1, 0.15) is 19.3 Å². The van der Waals surface area contributed by atoms with Gasteiger partial charge in [0.05, 0.1) is 37.5 Å². The van der Waals surface area contributed by atoms with Crippen molar-refractivity contribution in [3.05, 3.63) is 0 Å². The van der Waals surface area contributed by atoms with Gasteiger partial charge in [-0.25, -0.2) is 0 Å². The standard InChI is InChI=1S/C23H48N6O10/c24-6-10(32)7-29-14-5-13(26)20(38-22-12(25)2-1-11(36-22)8-28-3-4-30)19(35)21(14)39-23-18(34)16(27)17(33)15(9-31)37-23/h10-23,28-35H,1-9,24-27H2/t10?,11-,12+,13-,14+,15+,16-,17+,18+,19-,20?,21-,22+,23+/m0/s1. The minimum absolute atomic E-state index is 0.00347. The van der Waals surface area contributed by atoms with E-state index < -0.39 is 86.1 Å². The van der Waals surface area contributed by atoms with Crippen molar-refractivity contribution < 1.29 is 49.6 Å². The Kier molecular flexibility index (Phi) is 13.1. The second-order valence-corrected chi connectivity index (χ2v) is 10.6. The Morgan fingerprint density at radius 1 is 0.897 bits per heavy atom. The minimum Gasteiger partial charge on any atom is -0.395 e. The molecule has 14 atom stereocenters. The molecule has 0 aromatic heterocycles. The first-order valence-corrected chi connectivity index (χ1v) is 13.6. The van der Waals surface area contributed by atoms with Gasteiger partial charge < -0.3 is 83.2 Å². The van der Waals surface area contributed by atoms with Crippen molar-refractivity contribution in [2.24, 2.45) is 22.9 Å². The number of nitrogens with two attached hydrogens (primary N) is 4. The number of ether oxygens (including phenoxy) is 4. The molecule has 0 aromatic carbocycles. The maximum atomic E-state index is 11.4. The highest BCUT2D eigenvalue weighted by molar-refractivity contribution is 5.02. The molecule has 2 unspecified atom stereocenters. The zero-order valence-corrected chi connectivity index (χ0v) is 22.1. The van der Waals surface area contributed by atoms with Gasteiger partial charge in [0.1, 0.15) is 36.6 Å². The first kappa shape index (κ1) is 32.9. The average molecular weight is 569 g/mol. The highest BCUT2D eigenvalue weighted by atomic mass is 16.7. The third-order valence-corrected chi connectivity index (χ3v) is 7.58. The molecule has 16 heteroatoms. The number of hydrogen-bond donors (Lipinski definition) is 12. The Balaban J connectivity index is 1.75. The average Bonchev–Trinajstić information content (AvgIpc) is 2.92. The van der Waals surface area contributed by atoms with Gasteiger partial charge in [0.25, 0.3) is 0 Å². The van der Waals surface area contributed by atoms with E-state index in [1.807, 2.05) is 0 Å². The second kappa shape index (κ2) is 15.5. The van der Waals surface area contributed by atoms with Crippen LogP contribution in [0.3, 0.4) is 0 Å². The second-order valence-electron chi connectivity index (χ2n) is 10.6. The molecule has 0 aromatic rings. The first-order chi connectivity index (χ1) is 18.6. The summed E-state index contributed by atoms with van der Waals surface area (Å²) in [5.74, 6) is 0. The summed E-state index contributed by atoms with van der Waals surface area (Å²) in [6, 6.07) is -2.96. The van der Waals surface area contributed by atoms with Crippen molar-refractivity contribution in [1.29, 1.82) is 0 Å². The van der Waals surface area contributed by atoms with Crippen molar-refractivity contribution in [2.45, 2.75) is 105 Å². The van der Waals surface area contributed by atoms with Crippen molar-refractivity contribution in [2.75, 3.05) is 39.4 Å². The van der Waals surface area contributed by atoms with Gasteiger partial charge in [0.2, 0.25) is 0 Å². The topological polar surface area (TPSA) is 286 Å². The molecule has 230 valence electrons. The zero-order valence-electron chi connectivity index (χ0n) is 22.1. The highest BCUT2D eigenvalue weighted by Crippen LogP contribution is 2.31. The summed E-state index contributed by atoms with van der Waals surface area (Å²) in [6.07, 6.45) is -9.15. The van der Waals surface area contributed by atoms with Gasteiger partial charge in [-0.05, 0) is 19.3 Å². The Hall–Kier alpha value is -0.640. The summed E-state index contributed by atoms with van der Waals surface area (Å²) in [6.45, 7) is 0.422. The summed E-state index contributed by atoms with van der Waals surface area (Å²) in [5, 5.41) is 67.0. The van der Waals surface area contributed by atoms with E-state index in [0.717, 1.165) is 0 Å². The summed E-state index contributed by atoms with van der Waals surface area (Å²) in [7, 11) is 0. The lowest BCUT2D eigenvalue weighted by atomic mass is 9.83. The van der Waals surface area contributed by atoms with Crippen LogP contribution < -0.4 is 33.6 Å². The molecule has 3 fully saturated rings. The summed E-state index contributed by atoms with van der Waals surface area (Å²) < 4.78 is 23.8. The number of aliphatic hydroxyl groups is 6. The molecule has 0 radical (unpaired) electrons. The Labute approximate surface area is 227 Å². The van der Waals surface area contributed by atoms with E-state index in [4.69, 9.17) is 47.0 Å². The molecule has 1 saturated carbocycles. The normalized spacial score (nSPS) is 44.3. The molecular formula is C23H48N6O10. The third kappa shape index (κ3) is 8.45. The fraction of sp³-hybridized carbons (Fsp3) is 1.00. The molecule has 2 heterocycles. The van der Waals surface area contributed by atoms with Gasteiger partial charge >= 0.3 is 0 Å². The Bertz CT molecular complexity index is 716. The summed E-state index contributed by atoms with van der Waals surface area (Å²) in [4.78, 5) is 0. The number of rotatable bonds is 13. The van der Waals surface area contributed by atoms with Crippen molar-refractivity contribution >= 4 is 0 Å². The van der Waals surface area contributed by atoms with Crippen LogP contribution in [0.2, 0.25) is 0 Å². The molecule has 1 aliphatic carbocycles. The molecule has 16 N–H and O–H groups in total. The van der Waals surface area contributed by atoms with E-state index >= 15 is 0 Å². The predicted molar refractivity (Wildman–Crippen MR) is 137 cm³/mol. The van der Waals surface area contributed by atoms with E-state index in [2.05, 4.69) is 10.6 Å². The number of aliphatic hydroxyl groups excluding tert-OH is 6. The van der Waals surface area contributed by atoms with Gasteiger partial charge in [0, 0.05) is 38.3 Å². The van der Waals surface area contributed by atoms with Gasteiger partial charge in [-0.3, -0.25) is 0 Å². The molecule has 2 aliphatic heterocycles. The molecule has 2 saturated heterocycles. The molecule has 39 heavy (non-hydrogen) atoms. The van der Waals surface area contributed by atoms with E-state index in [9.17, 15) is 25.5 Å². The van der Waals surface area contributed by atoms with Crippen molar-refractivity contribution in [3.63, 3.8) is 0 Å². The lowest BCUT2D eigenvalue weighted by Gasteiger charge is -2.48. The minimum atomic E-state index is -1.47. The van der Waals surface area contributed by atoms with Gasteiger partial charge in [0.15, 0.2) is 12.6 Å². The van der Waals surface area contributed by atoms with E-state index in [1.165, 1.54) is 0 Å². The quantitative estimate of drug-likeness (QED) is 0.0919. The van der Waals surface area contributed by atoms with Gasteiger partial charge in [-0.2, -0.15) is 0 Å². The van der Waals surface area contributed by atoms with E-state index in [0.29, 0.717) is 25.9 Å². The summed E-state index contributed by atoms with van der Waals surface area (Å²) in [5.41, 5.74) is 24.1. The zero-order chi connectivity index (χ0) is 28.7. The van der Waals surface area contributed by atoms with Crippen LogP contribution in [0.25, 0.3) is 0 Å². The first-order valence-electron chi connectivity index (χ1n) is 13.6. The van der Waals surface area contributed by atoms with Crippen LogP contribution in [0.5, 0.6) is 0 Å². The van der Waals surface area contributed by atoms with Crippen LogP contribution in [-0.2, 0) is 18.9 Å². The van der Waals surface area contributed by atoms with Gasteiger partial charge in [-0.1, -0.05) is 0 Å². The summed E-state index contributed by atoms with van der Waals surface area (Å²) >= 11 is 0. The molecular weight excluding hydrogens is 520 g/mol. The fourth-order valence-corrected chi connectivity index (χ4v) is 5.20. The highest BCUT2D eigenvalue weighted by Gasteiger charge is 2.50. The monoisotopic (exact) mass is 568 g/mol. The number of hydrogen-bond acceptors (Lipinski definition) is 16. The Morgan fingerprint density at radius 2 is 1.62 bits per heavy atom. The Morgan fingerprint density at radius 3 is 2.28 bits per heavy atom. The van der Waals surface area contributed by atoms with Crippen LogP contribution in [0.4, 0.5) is 0 Å². The lowest BCUT2D eigenvalue weighted by Crippen LogP contribution is -2.68. The lowest BCUT2D eigenvalue weighted by molar-refractivity contribution is -0.314. The molecule has 0 bridgehead atoms. The van der Waals surface area contributed by atoms with Crippen LogP contribution >= 0.6 is 0 Å². The van der Waals surface area contributed by atoms with E-state index in [1.54, 1.807) is 0 Å².